The molecule has 150 valence electrons. The summed E-state index contributed by atoms with van der Waals surface area (Å²) in [5, 5.41) is 9.38. The topological polar surface area (TPSA) is 30.0 Å². The Hall–Kier alpha value is -0.940. The van der Waals surface area contributed by atoms with Crippen LogP contribution in [0.1, 0.15) is 44.1 Å². The summed E-state index contributed by atoms with van der Waals surface area (Å²) in [4.78, 5) is 8.17. The number of hydrogen-bond donors (Lipinski definition) is 1. The number of benzene rings is 1. The molecule has 27 heavy (non-hydrogen) atoms. The van der Waals surface area contributed by atoms with Crippen molar-refractivity contribution in [1.82, 2.24) is 14.7 Å². The average Bonchev–Trinajstić information content (AvgIpc) is 2.75. The second-order valence-electron chi connectivity index (χ2n) is 8.95. The number of nitrogens with zero attached hydrogens (tertiary/aromatic N) is 3. The van der Waals surface area contributed by atoms with Gasteiger partial charge in [-0.15, -0.1) is 0 Å². The quantitative estimate of drug-likeness (QED) is 0.862. The Kier molecular flexibility index (Phi) is 6.82. The molecule has 1 aromatic rings. The van der Waals surface area contributed by atoms with Gasteiger partial charge in [0.05, 0.1) is 0 Å². The molecule has 3 heterocycles. The maximum absolute atomic E-state index is 9.38. The van der Waals surface area contributed by atoms with Crippen molar-refractivity contribution < 1.29 is 5.11 Å². The molecule has 1 atom stereocenters. The van der Waals surface area contributed by atoms with E-state index in [0.717, 1.165) is 18.6 Å². The highest BCUT2D eigenvalue weighted by atomic mass is 16.3. The van der Waals surface area contributed by atoms with Crippen LogP contribution in [0.15, 0.2) is 30.3 Å². The molecule has 3 aliphatic heterocycles. The van der Waals surface area contributed by atoms with Gasteiger partial charge in [0, 0.05) is 31.8 Å². The molecule has 3 aliphatic rings. The van der Waals surface area contributed by atoms with Gasteiger partial charge in [-0.1, -0.05) is 30.3 Å². The minimum Gasteiger partial charge on any atom is -0.396 e. The fourth-order valence-corrected chi connectivity index (χ4v) is 5.40. The molecule has 1 unspecified atom stereocenters. The third kappa shape index (κ3) is 5.11. The zero-order valence-electron chi connectivity index (χ0n) is 16.8. The predicted octanol–water partition coefficient (Wildman–Crippen LogP) is 2.82. The number of hydrogen-bond acceptors (Lipinski definition) is 4. The van der Waals surface area contributed by atoms with Crippen LogP contribution in [0.25, 0.3) is 0 Å². The monoisotopic (exact) mass is 371 g/mol. The fourth-order valence-electron chi connectivity index (χ4n) is 5.40. The molecular formula is C23H37N3O. The lowest BCUT2D eigenvalue weighted by molar-refractivity contribution is 0.0249. The molecule has 1 aromatic carbocycles. The Morgan fingerprint density at radius 2 is 1.52 bits per heavy atom. The summed E-state index contributed by atoms with van der Waals surface area (Å²) in [5.74, 6) is 0.551. The molecule has 4 nitrogen and oxygen atoms in total. The van der Waals surface area contributed by atoms with E-state index in [2.05, 4.69) is 45.0 Å². The van der Waals surface area contributed by atoms with Crippen LogP contribution >= 0.6 is 0 Å². The van der Waals surface area contributed by atoms with Crippen LogP contribution in [-0.2, 0) is 6.54 Å². The molecule has 0 saturated carbocycles. The summed E-state index contributed by atoms with van der Waals surface area (Å²) < 4.78 is 0. The van der Waals surface area contributed by atoms with Crippen molar-refractivity contribution in [2.24, 2.45) is 5.92 Å². The maximum Gasteiger partial charge on any atom is 0.0460 e. The second kappa shape index (κ2) is 9.51. The molecule has 0 aliphatic carbocycles. The average molecular weight is 372 g/mol. The van der Waals surface area contributed by atoms with Crippen LogP contribution < -0.4 is 0 Å². The van der Waals surface area contributed by atoms with E-state index in [0.29, 0.717) is 12.5 Å². The molecule has 4 heteroatoms. The van der Waals surface area contributed by atoms with E-state index in [1.165, 1.54) is 83.4 Å². The third-order valence-electron chi connectivity index (χ3n) is 7.17. The van der Waals surface area contributed by atoms with Gasteiger partial charge in [-0.2, -0.15) is 0 Å². The summed E-state index contributed by atoms with van der Waals surface area (Å²) in [5.41, 5.74) is 1.44. The highest BCUT2D eigenvalue weighted by molar-refractivity contribution is 5.14. The van der Waals surface area contributed by atoms with Crippen LogP contribution in [-0.4, -0.2) is 77.8 Å². The summed E-state index contributed by atoms with van der Waals surface area (Å²) in [6.07, 6.45) is 7.75. The Morgan fingerprint density at radius 3 is 2.22 bits per heavy atom. The lowest BCUT2D eigenvalue weighted by Crippen LogP contribution is -2.54. The SMILES string of the molecule is OCC1CCN(C2CCCN(C3CCN(Cc4ccccc4)CC3)C2)CC1. The fraction of sp³-hybridized carbons (Fsp3) is 0.739. The minimum absolute atomic E-state index is 0.381. The van der Waals surface area contributed by atoms with Crippen LogP contribution in [0, 0.1) is 5.92 Å². The van der Waals surface area contributed by atoms with Gasteiger partial charge in [0.15, 0.2) is 0 Å². The molecular weight excluding hydrogens is 334 g/mol. The van der Waals surface area contributed by atoms with Crippen molar-refractivity contribution in [3.8, 4) is 0 Å². The Labute approximate surface area is 165 Å². The van der Waals surface area contributed by atoms with E-state index < -0.39 is 0 Å². The van der Waals surface area contributed by atoms with Crippen molar-refractivity contribution >= 4 is 0 Å². The first-order valence-corrected chi connectivity index (χ1v) is 11.2. The van der Waals surface area contributed by atoms with Gasteiger partial charge in [0.25, 0.3) is 0 Å². The highest BCUT2D eigenvalue weighted by Crippen LogP contribution is 2.26. The van der Waals surface area contributed by atoms with Gasteiger partial charge in [-0.3, -0.25) is 14.7 Å². The van der Waals surface area contributed by atoms with Crippen LogP contribution in [0.3, 0.4) is 0 Å². The van der Waals surface area contributed by atoms with E-state index in [-0.39, 0.29) is 0 Å². The van der Waals surface area contributed by atoms with Crippen LogP contribution in [0.5, 0.6) is 0 Å². The van der Waals surface area contributed by atoms with Gasteiger partial charge < -0.3 is 5.11 Å². The van der Waals surface area contributed by atoms with E-state index in [1.807, 2.05) is 0 Å². The standard InChI is InChI=1S/C23H37N3O/c27-19-21-8-15-25(16-9-21)23-7-4-12-26(18-23)22-10-13-24(14-11-22)17-20-5-2-1-3-6-20/h1-3,5-6,21-23,27H,4,7-19H2. The largest absolute Gasteiger partial charge is 0.396 e. The molecule has 0 bridgehead atoms. The van der Waals surface area contributed by atoms with E-state index >= 15 is 0 Å². The third-order valence-corrected chi connectivity index (χ3v) is 7.17. The van der Waals surface area contributed by atoms with Gasteiger partial charge >= 0.3 is 0 Å². The first-order valence-electron chi connectivity index (χ1n) is 11.2. The smallest absolute Gasteiger partial charge is 0.0460 e. The first kappa shape index (κ1) is 19.4. The number of rotatable bonds is 5. The van der Waals surface area contributed by atoms with Crippen molar-refractivity contribution in [3.05, 3.63) is 35.9 Å². The molecule has 0 amide bonds. The Bertz CT molecular complexity index is 550. The number of piperidine rings is 3. The van der Waals surface area contributed by atoms with Crippen molar-refractivity contribution in [3.63, 3.8) is 0 Å². The van der Waals surface area contributed by atoms with Gasteiger partial charge in [-0.25, -0.2) is 0 Å². The lowest BCUT2D eigenvalue weighted by Gasteiger charge is -2.46. The minimum atomic E-state index is 0.381. The molecule has 1 N–H and O–H groups in total. The molecule has 3 saturated heterocycles. The number of aliphatic hydroxyl groups is 1. The van der Waals surface area contributed by atoms with Crippen molar-refractivity contribution in [1.29, 1.82) is 0 Å². The van der Waals surface area contributed by atoms with Crippen molar-refractivity contribution in [2.75, 3.05) is 45.9 Å². The van der Waals surface area contributed by atoms with Crippen LogP contribution in [0.4, 0.5) is 0 Å². The Balaban J connectivity index is 1.23. The molecule has 0 aromatic heterocycles. The molecule has 0 spiro atoms. The summed E-state index contributed by atoms with van der Waals surface area (Å²) in [6, 6.07) is 12.5. The summed E-state index contributed by atoms with van der Waals surface area (Å²) >= 11 is 0. The summed E-state index contributed by atoms with van der Waals surface area (Å²) in [6.45, 7) is 8.92. The molecule has 3 fully saturated rings. The summed E-state index contributed by atoms with van der Waals surface area (Å²) in [7, 11) is 0. The Morgan fingerprint density at radius 1 is 0.778 bits per heavy atom. The number of aliphatic hydroxyl groups excluding tert-OH is 1. The predicted molar refractivity (Wildman–Crippen MR) is 111 cm³/mol. The van der Waals surface area contributed by atoms with Gasteiger partial charge in [0.2, 0.25) is 0 Å². The first-order chi connectivity index (χ1) is 13.3. The van der Waals surface area contributed by atoms with Crippen LogP contribution in [0.2, 0.25) is 0 Å². The normalized spacial score (nSPS) is 27.8. The van der Waals surface area contributed by atoms with Gasteiger partial charge in [0.1, 0.15) is 0 Å². The van der Waals surface area contributed by atoms with E-state index in [9.17, 15) is 5.11 Å². The molecule has 0 radical (unpaired) electrons. The maximum atomic E-state index is 9.38. The van der Waals surface area contributed by atoms with Gasteiger partial charge in [-0.05, 0) is 82.7 Å². The zero-order chi connectivity index (χ0) is 18.5. The van der Waals surface area contributed by atoms with Crippen molar-refractivity contribution in [2.45, 2.75) is 57.2 Å². The second-order valence-corrected chi connectivity index (χ2v) is 8.95. The highest BCUT2D eigenvalue weighted by Gasteiger charge is 2.32. The van der Waals surface area contributed by atoms with E-state index in [1.54, 1.807) is 0 Å². The number of likely N-dealkylation sites (tertiary alicyclic amines) is 3. The lowest BCUT2D eigenvalue weighted by atomic mass is 9.93. The van der Waals surface area contributed by atoms with E-state index in [4.69, 9.17) is 0 Å². The zero-order valence-corrected chi connectivity index (χ0v) is 16.8. The molecule has 4 rings (SSSR count).